The van der Waals surface area contributed by atoms with Crippen LogP contribution in [-0.4, -0.2) is 32.5 Å². The lowest BCUT2D eigenvalue weighted by Crippen LogP contribution is -3.08. The van der Waals surface area contributed by atoms with Crippen molar-refractivity contribution in [3.63, 3.8) is 0 Å². The number of quaternary nitrogens is 1. The summed E-state index contributed by atoms with van der Waals surface area (Å²) in [5, 5.41) is 2.81. The van der Waals surface area contributed by atoms with Crippen LogP contribution in [0.15, 0.2) is 48.5 Å². The number of carbonyl (C=O) groups excluding carboxylic acids is 2. The smallest absolute Gasteiger partial charge is 0.279 e. The first-order valence-electron chi connectivity index (χ1n) is 7.62. The van der Waals surface area contributed by atoms with E-state index in [2.05, 4.69) is 5.32 Å². The van der Waals surface area contributed by atoms with E-state index in [0.29, 0.717) is 17.8 Å². The van der Waals surface area contributed by atoms with Crippen molar-refractivity contribution in [1.82, 2.24) is 0 Å². The van der Waals surface area contributed by atoms with Gasteiger partial charge in [0.25, 0.3) is 5.91 Å². The van der Waals surface area contributed by atoms with Crippen molar-refractivity contribution >= 4 is 17.5 Å². The van der Waals surface area contributed by atoms with Crippen molar-refractivity contribution in [2.75, 3.05) is 26.0 Å². The Morgan fingerprint density at radius 1 is 1.08 bits per heavy atom. The predicted octanol–water partition coefficient (Wildman–Crippen LogP) is 0.448. The van der Waals surface area contributed by atoms with E-state index in [1.807, 2.05) is 31.3 Å². The molecular formula is C18H22N3O3+. The topological polar surface area (TPSA) is 85.9 Å². The average Bonchev–Trinajstić information content (AvgIpc) is 2.55. The van der Waals surface area contributed by atoms with Gasteiger partial charge in [0.1, 0.15) is 12.3 Å². The maximum absolute atomic E-state index is 12.1. The number of amides is 2. The lowest BCUT2D eigenvalue weighted by molar-refractivity contribution is -0.885. The Morgan fingerprint density at radius 3 is 2.25 bits per heavy atom. The highest BCUT2D eigenvalue weighted by Crippen LogP contribution is 2.10. The number of rotatable bonds is 7. The number of methoxy groups -OCH3 is 1. The highest BCUT2D eigenvalue weighted by Gasteiger charge is 2.11. The van der Waals surface area contributed by atoms with Gasteiger partial charge in [-0.15, -0.1) is 0 Å². The Hall–Kier alpha value is -2.86. The molecule has 126 valence electrons. The average molecular weight is 328 g/mol. The molecule has 6 nitrogen and oxygen atoms in total. The second kappa shape index (κ2) is 8.12. The molecule has 0 aliphatic carbocycles. The molecule has 2 amide bonds. The van der Waals surface area contributed by atoms with Crippen LogP contribution < -0.4 is 20.7 Å². The van der Waals surface area contributed by atoms with Gasteiger partial charge in [0, 0.05) is 16.8 Å². The van der Waals surface area contributed by atoms with Crippen molar-refractivity contribution in [3.8, 4) is 5.75 Å². The maximum atomic E-state index is 12.1. The van der Waals surface area contributed by atoms with Gasteiger partial charge in [-0.1, -0.05) is 0 Å². The molecule has 0 radical (unpaired) electrons. The monoisotopic (exact) mass is 328 g/mol. The third-order valence-electron chi connectivity index (χ3n) is 3.58. The van der Waals surface area contributed by atoms with Crippen LogP contribution in [0.3, 0.4) is 0 Å². The Balaban J connectivity index is 1.85. The third kappa shape index (κ3) is 5.10. The minimum atomic E-state index is -0.489. The minimum Gasteiger partial charge on any atom is -0.497 e. The normalized spacial score (nSPS) is 11.6. The van der Waals surface area contributed by atoms with Crippen LogP contribution in [0.1, 0.15) is 15.9 Å². The number of likely N-dealkylation sites (N-methyl/N-ethyl adjacent to an activating group) is 1. The molecule has 2 rings (SSSR count). The fourth-order valence-electron chi connectivity index (χ4n) is 2.35. The molecule has 2 aromatic carbocycles. The van der Waals surface area contributed by atoms with Gasteiger partial charge in [0.15, 0.2) is 6.54 Å². The highest BCUT2D eigenvalue weighted by molar-refractivity contribution is 5.95. The molecule has 1 unspecified atom stereocenters. The van der Waals surface area contributed by atoms with Crippen molar-refractivity contribution < 1.29 is 19.2 Å². The van der Waals surface area contributed by atoms with Crippen LogP contribution in [0.25, 0.3) is 0 Å². The second-order valence-electron chi connectivity index (χ2n) is 5.65. The summed E-state index contributed by atoms with van der Waals surface area (Å²) < 4.78 is 5.13. The van der Waals surface area contributed by atoms with Crippen molar-refractivity contribution in [2.24, 2.45) is 5.73 Å². The lowest BCUT2D eigenvalue weighted by Gasteiger charge is -2.14. The number of hydrogen-bond donors (Lipinski definition) is 3. The number of hydrogen-bond acceptors (Lipinski definition) is 3. The van der Waals surface area contributed by atoms with E-state index in [9.17, 15) is 9.59 Å². The zero-order chi connectivity index (χ0) is 17.5. The Bertz CT molecular complexity index is 696. The number of carbonyl (C=O) groups is 2. The van der Waals surface area contributed by atoms with Gasteiger partial charge in [0.2, 0.25) is 5.91 Å². The predicted molar refractivity (Wildman–Crippen MR) is 92.0 cm³/mol. The lowest BCUT2D eigenvalue weighted by atomic mass is 10.2. The van der Waals surface area contributed by atoms with Gasteiger partial charge in [-0.05, 0) is 48.5 Å². The fraction of sp³-hybridized carbons (Fsp3) is 0.222. The van der Waals surface area contributed by atoms with Gasteiger partial charge >= 0.3 is 0 Å². The zero-order valence-corrected chi connectivity index (χ0v) is 13.8. The van der Waals surface area contributed by atoms with Crippen molar-refractivity contribution in [2.45, 2.75) is 6.54 Å². The molecule has 0 spiro atoms. The molecule has 6 heteroatoms. The van der Waals surface area contributed by atoms with Crippen molar-refractivity contribution in [3.05, 3.63) is 59.7 Å². The minimum absolute atomic E-state index is 0.0900. The summed E-state index contributed by atoms with van der Waals surface area (Å²) in [5.74, 6) is 0.234. The number of nitrogens with two attached hydrogens (primary N) is 1. The molecule has 0 aromatic heterocycles. The molecule has 4 N–H and O–H groups in total. The molecule has 0 bridgehead atoms. The number of nitrogens with one attached hydrogen (secondary N) is 2. The van der Waals surface area contributed by atoms with E-state index < -0.39 is 5.91 Å². The summed E-state index contributed by atoms with van der Waals surface area (Å²) in [4.78, 5) is 24.2. The van der Waals surface area contributed by atoms with Crippen LogP contribution in [0.4, 0.5) is 5.69 Å². The number of anilines is 1. The van der Waals surface area contributed by atoms with Gasteiger partial charge < -0.3 is 20.7 Å². The van der Waals surface area contributed by atoms with Crippen LogP contribution in [0.2, 0.25) is 0 Å². The van der Waals surface area contributed by atoms with Crippen LogP contribution in [0.5, 0.6) is 5.75 Å². The van der Waals surface area contributed by atoms with Crippen LogP contribution in [0, 0.1) is 0 Å². The standard InChI is InChI=1S/C18H21N3O3/c1-21(11-13-3-9-16(24-2)10-4-13)12-17(22)20-15-7-5-14(6-8-15)18(19)23/h3-10H,11-12H2,1-2H3,(H2,19,23)(H,20,22)/p+1. The quantitative estimate of drug-likeness (QED) is 0.690. The Morgan fingerprint density at radius 2 is 1.71 bits per heavy atom. The summed E-state index contributed by atoms with van der Waals surface area (Å²) in [6, 6.07) is 14.3. The first-order valence-corrected chi connectivity index (χ1v) is 7.62. The van der Waals surface area contributed by atoms with Gasteiger partial charge in [-0.2, -0.15) is 0 Å². The van der Waals surface area contributed by atoms with Crippen LogP contribution in [-0.2, 0) is 11.3 Å². The second-order valence-corrected chi connectivity index (χ2v) is 5.65. The Kier molecular flexibility index (Phi) is 5.92. The highest BCUT2D eigenvalue weighted by atomic mass is 16.5. The van der Waals surface area contributed by atoms with Gasteiger partial charge in [-0.25, -0.2) is 0 Å². The molecule has 0 fully saturated rings. The van der Waals surface area contributed by atoms with E-state index in [-0.39, 0.29) is 5.91 Å². The summed E-state index contributed by atoms with van der Waals surface area (Å²) >= 11 is 0. The van der Waals surface area contributed by atoms with Gasteiger partial charge in [0.05, 0.1) is 14.2 Å². The summed E-state index contributed by atoms with van der Waals surface area (Å²) in [7, 11) is 3.59. The summed E-state index contributed by atoms with van der Waals surface area (Å²) in [5.41, 5.74) is 7.37. The van der Waals surface area contributed by atoms with Crippen molar-refractivity contribution in [1.29, 1.82) is 0 Å². The molecule has 1 atom stereocenters. The number of benzene rings is 2. The number of ether oxygens (including phenoxy) is 1. The molecule has 0 aliphatic heterocycles. The molecule has 0 saturated heterocycles. The van der Waals surface area contributed by atoms with E-state index in [1.54, 1.807) is 31.4 Å². The molecule has 0 aliphatic rings. The summed E-state index contributed by atoms with van der Waals surface area (Å²) in [6.45, 7) is 1.07. The molecule has 0 saturated carbocycles. The zero-order valence-electron chi connectivity index (χ0n) is 13.8. The first-order chi connectivity index (χ1) is 11.5. The molecule has 0 heterocycles. The Labute approximate surface area is 141 Å². The fourth-order valence-corrected chi connectivity index (χ4v) is 2.35. The van der Waals surface area contributed by atoms with Gasteiger partial charge in [-0.3, -0.25) is 9.59 Å². The molecular weight excluding hydrogens is 306 g/mol. The van der Waals surface area contributed by atoms with E-state index in [0.717, 1.165) is 22.8 Å². The third-order valence-corrected chi connectivity index (χ3v) is 3.58. The van der Waals surface area contributed by atoms with Crippen LogP contribution >= 0.6 is 0 Å². The molecule has 24 heavy (non-hydrogen) atoms. The molecule has 2 aromatic rings. The maximum Gasteiger partial charge on any atom is 0.279 e. The summed E-state index contributed by atoms with van der Waals surface area (Å²) in [6.07, 6.45) is 0. The SMILES string of the molecule is COc1ccc(C[NH+](C)CC(=O)Nc2ccc(C(N)=O)cc2)cc1. The van der Waals surface area contributed by atoms with E-state index >= 15 is 0 Å². The first kappa shape index (κ1) is 17.5. The van der Waals surface area contributed by atoms with E-state index in [1.165, 1.54) is 0 Å². The largest absolute Gasteiger partial charge is 0.497 e. The number of primary amides is 1. The van der Waals surface area contributed by atoms with E-state index in [4.69, 9.17) is 10.5 Å².